The van der Waals surface area contributed by atoms with Gasteiger partial charge in [0.1, 0.15) is 0 Å². The van der Waals surface area contributed by atoms with E-state index in [-0.39, 0.29) is 11.8 Å². The Hall–Kier alpha value is -2.82. The van der Waals surface area contributed by atoms with Gasteiger partial charge in [-0.15, -0.1) is 0 Å². The third-order valence-corrected chi connectivity index (χ3v) is 6.20. The maximum absolute atomic E-state index is 12.8. The number of rotatable bonds is 6. The molecule has 0 aromatic heterocycles. The van der Waals surface area contributed by atoms with Crippen molar-refractivity contribution in [2.45, 2.75) is 45.1 Å². The zero-order chi connectivity index (χ0) is 20.9. The van der Waals surface area contributed by atoms with Crippen molar-refractivity contribution in [1.29, 1.82) is 0 Å². The van der Waals surface area contributed by atoms with Crippen LogP contribution in [0, 0.1) is 0 Å². The zero-order valence-corrected chi connectivity index (χ0v) is 17.8. The van der Waals surface area contributed by atoms with Crippen molar-refractivity contribution in [3.05, 3.63) is 59.7 Å². The fourth-order valence-electron chi connectivity index (χ4n) is 4.46. The highest BCUT2D eigenvalue weighted by molar-refractivity contribution is 5.95. The van der Waals surface area contributed by atoms with Crippen LogP contribution in [0.15, 0.2) is 48.5 Å². The fourth-order valence-corrected chi connectivity index (χ4v) is 4.46. The molecule has 5 heteroatoms. The van der Waals surface area contributed by atoms with Gasteiger partial charge in [-0.25, -0.2) is 0 Å². The second-order valence-electron chi connectivity index (χ2n) is 8.42. The minimum atomic E-state index is 0.105. The van der Waals surface area contributed by atoms with E-state index in [9.17, 15) is 9.59 Å². The SMILES string of the molecule is CN(Cc1ccccc1N1CCCCC1)C(=O)Cc1ccc(N2CCCC2=O)cc1. The minimum absolute atomic E-state index is 0.105. The second-order valence-corrected chi connectivity index (χ2v) is 8.42. The molecule has 0 saturated carbocycles. The standard InChI is InChI=1S/C25H31N3O2/c1-26(19-21-8-3-4-9-23(21)27-15-5-2-6-16-27)25(30)18-20-11-13-22(14-12-20)28-17-7-10-24(28)29/h3-4,8-9,11-14H,2,5-7,10,15-19H2,1H3. The predicted octanol–water partition coefficient (Wildman–Crippen LogP) is 4.00. The average molecular weight is 406 g/mol. The van der Waals surface area contributed by atoms with Crippen LogP contribution in [0.5, 0.6) is 0 Å². The number of para-hydroxylation sites is 1. The summed E-state index contributed by atoms with van der Waals surface area (Å²) in [6.45, 7) is 3.60. The molecule has 2 fully saturated rings. The van der Waals surface area contributed by atoms with Crippen LogP contribution in [-0.2, 0) is 22.6 Å². The van der Waals surface area contributed by atoms with Gasteiger partial charge in [-0.2, -0.15) is 0 Å². The minimum Gasteiger partial charge on any atom is -0.371 e. The van der Waals surface area contributed by atoms with Gasteiger partial charge in [-0.3, -0.25) is 9.59 Å². The van der Waals surface area contributed by atoms with Gasteiger partial charge in [0, 0.05) is 51.0 Å². The normalized spacial score (nSPS) is 16.8. The second kappa shape index (κ2) is 9.33. The van der Waals surface area contributed by atoms with E-state index in [2.05, 4.69) is 29.2 Å². The molecule has 0 atom stereocenters. The molecule has 2 aliphatic heterocycles. The van der Waals surface area contributed by atoms with Crippen LogP contribution in [-0.4, -0.2) is 43.4 Å². The summed E-state index contributed by atoms with van der Waals surface area (Å²) < 4.78 is 0. The lowest BCUT2D eigenvalue weighted by Gasteiger charge is -2.31. The topological polar surface area (TPSA) is 43.9 Å². The van der Waals surface area contributed by atoms with Crippen molar-refractivity contribution in [3.8, 4) is 0 Å². The fraction of sp³-hybridized carbons (Fsp3) is 0.440. The summed E-state index contributed by atoms with van der Waals surface area (Å²) in [5.74, 6) is 0.291. The summed E-state index contributed by atoms with van der Waals surface area (Å²) in [6, 6.07) is 16.3. The van der Waals surface area contributed by atoms with E-state index in [1.807, 2.05) is 41.1 Å². The average Bonchev–Trinajstić information content (AvgIpc) is 3.21. The molecule has 2 aliphatic rings. The highest BCUT2D eigenvalue weighted by Crippen LogP contribution is 2.25. The molecular formula is C25H31N3O2. The number of likely N-dealkylation sites (N-methyl/N-ethyl adjacent to an activating group) is 1. The molecule has 0 unspecified atom stereocenters. The molecule has 0 spiro atoms. The largest absolute Gasteiger partial charge is 0.371 e. The van der Waals surface area contributed by atoms with Crippen LogP contribution >= 0.6 is 0 Å². The summed E-state index contributed by atoms with van der Waals surface area (Å²) in [7, 11) is 1.88. The van der Waals surface area contributed by atoms with Gasteiger partial charge in [0.15, 0.2) is 0 Å². The van der Waals surface area contributed by atoms with Gasteiger partial charge < -0.3 is 14.7 Å². The number of piperidine rings is 1. The maximum atomic E-state index is 12.8. The molecule has 5 nitrogen and oxygen atoms in total. The number of nitrogens with zero attached hydrogens (tertiary/aromatic N) is 3. The van der Waals surface area contributed by atoms with E-state index in [4.69, 9.17) is 0 Å². The van der Waals surface area contributed by atoms with Crippen LogP contribution in [0.1, 0.15) is 43.2 Å². The van der Waals surface area contributed by atoms with E-state index in [0.717, 1.165) is 37.3 Å². The maximum Gasteiger partial charge on any atom is 0.227 e. The lowest BCUT2D eigenvalue weighted by atomic mass is 10.1. The van der Waals surface area contributed by atoms with Crippen molar-refractivity contribution in [2.75, 3.05) is 36.5 Å². The quantitative estimate of drug-likeness (QED) is 0.730. The Labute approximate surface area is 179 Å². The molecule has 2 aromatic carbocycles. The predicted molar refractivity (Wildman–Crippen MR) is 121 cm³/mol. The summed E-state index contributed by atoms with van der Waals surface area (Å²) >= 11 is 0. The van der Waals surface area contributed by atoms with Crippen molar-refractivity contribution >= 4 is 23.2 Å². The number of hydrogen-bond donors (Lipinski definition) is 0. The first-order valence-electron chi connectivity index (χ1n) is 11.1. The summed E-state index contributed by atoms with van der Waals surface area (Å²) in [4.78, 5) is 30.9. The van der Waals surface area contributed by atoms with Crippen LogP contribution in [0.25, 0.3) is 0 Å². The highest BCUT2D eigenvalue weighted by Gasteiger charge is 2.22. The van der Waals surface area contributed by atoms with Crippen molar-refractivity contribution < 1.29 is 9.59 Å². The van der Waals surface area contributed by atoms with Crippen LogP contribution in [0.4, 0.5) is 11.4 Å². The number of hydrogen-bond acceptors (Lipinski definition) is 3. The van der Waals surface area contributed by atoms with Crippen LogP contribution < -0.4 is 9.80 Å². The van der Waals surface area contributed by atoms with E-state index < -0.39 is 0 Å². The number of amides is 2. The molecule has 0 bridgehead atoms. The molecule has 0 radical (unpaired) electrons. The first kappa shape index (κ1) is 20.5. The highest BCUT2D eigenvalue weighted by atomic mass is 16.2. The number of carbonyl (C=O) groups is 2. The van der Waals surface area contributed by atoms with Crippen molar-refractivity contribution in [3.63, 3.8) is 0 Å². The molecule has 0 N–H and O–H groups in total. The third-order valence-electron chi connectivity index (χ3n) is 6.20. The number of anilines is 2. The van der Waals surface area contributed by atoms with E-state index in [1.54, 1.807) is 0 Å². The van der Waals surface area contributed by atoms with Gasteiger partial charge in [0.2, 0.25) is 11.8 Å². The summed E-state index contributed by atoms with van der Waals surface area (Å²) in [6.07, 6.45) is 5.70. The van der Waals surface area contributed by atoms with Gasteiger partial charge in [-0.1, -0.05) is 30.3 Å². The molecule has 158 valence electrons. The monoisotopic (exact) mass is 405 g/mol. The van der Waals surface area contributed by atoms with Crippen LogP contribution in [0.3, 0.4) is 0 Å². The van der Waals surface area contributed by atoms with Crippen molar-refractivity contribution in [2.24, 2.45) is 0 Å². The van der Waals surface area contributed by atoms with E-state index in [1.165, 1.54) is 30.5 Å². The van der Waals surface area contributed by atoms with Crippen molar-refractivity contribution in [1.82, 2.24) is 4.90 Å². The smallest absolute Gasteiger partial charge is 0.227 e. The van der Waals surface area contributed by atoms with E-state index >= 15 is 0 Å². The molecule has 0 aliphatic carbocycles. The molecule has 4 rings (SSSR count). The first-order valence-corrected chi connectivity index (χ1v) is 11.1. The molecular weight excluding hydrogens is 374 g/mol. The summed E-state index contributed by atoms with van der Waals surface area (Å²) in [5.41, 5.74) is 4.37. The Kier molecular flexibility index (Phi) is 6.36. The van der Waals surface area contributed by atoms with Gasteiger partial charge in [0.25, 0.3) is 0 Å². The lowest BCUT2D eigenvalue weighted by molar-refractivity contribution is -0.129. The number of carbonyl (C=O) groups excluding carboxylic acids is 2. The van der Waals surface area contributed by atoms with E-state index in [0.29, 0.717) is 19.4 Å². The molecule has 2 saturated heterocycles. The van der Waals surface area contributed by atoms with Gasteiger partial charge in [0.05, 0.1) is 6.42 Å². The first-order chi connectivity index (χ1) is 14.6. The Morgan fingerprint density at radius 3 is 2.37 bits per heavy atom. The van der Waals surface area contributed by atoms with Crippen LogP contribution in [0.2, 0.25) is 0 Å². The Morgan fingerprint density at radius 2 is 1.67 bits per heavy atom. The molecule has 2 heterocycles. The van der Waals surface area contributed by atoms with Gasteiger partial charge >= 0.3 is 0 Å². The Balaban J connectivity index is 1.38. The molecule has 30 heavy (non-hydrogen) atoms. The molecule has 2 aromatic rings. The third kappa shape index (κ3) is 4.66. The zero-order valence-electron chi connectivity index (χ0n) is 17.8. The number of benzene rings is 2. The summed E-state index contributed by atoms with van der Waals surface area (Å²) in [5, 5.41) is 0. The lowest BCUT2D eigenvalue weighted by Crippen LogP contribution is -2.32. The molecule has 2 amide bonds. The Bertz CT molecular complexity index is 888. The van der Waals surface area contributed by atoms with Gasteiger partial charge in [-0.05, 0) is 55.0 Å². The Morgan fingerprint density at radius 1 is 0.933 bits per heavy atom.